The number of nitrogens with zero attached hydrogens (tertiary/aromatic N) is 2. The molecular weight excluding hydrogens is 400 g/mol. The standard InChI is InChI=1S/C22H26N4O5/c1-15-3-5-17(6-4-15)20(25-9-11-31-12-10-25)14-23-21(27)22(28)24-19-8-7-18(26(29)30)13-16(19)2/h3-8,13,20H,9-12,14H2,1-2H3,(H,23,27)(H,24,28)/t20-/m1/s1. The summed E-state index contributed by atoms with van der Waals surface area (Å²) >= 11 is 0. The van der Waals surface area contributed by atoms with Gasteiger partial charge in [0, 0.05) is 37.5 Å². The summed E-state index contributed by atoms with van der Waals surface area (Å²) in [4.78, 5) is 37.4. The predicted octanol–water partition coefficient (Wildman–Crippen LogP) is 2.34. The third kappa shape index (κ3) is 5.87. The summed E-state index contributed by atoms with van der Waals surface area (Å²) in [5, 5.41) is 16.1. The molecule has 9 heteroatoms. The zero-order valence-corrected chi connectivity index (χ0v) is 17.6. The van der Waals surface area contributed by atoms with Crippen LogP contribution in [0.4, 0.5) is 11.4 Å². The largest absolute Gasteiger partial charge is 0.379 e. The lowest BCUT2D eigenvalue weighted by atomic mass is 10.0. The molecule has 0 unspecified atom stereocenters. The van der Waals surface area contributed by atoms with E-state index in [2.05, 4.69) is 15.5 Å². The molecule has 2 aromatic carbocycles. The molecule has 1 atom stereocenters. The molecule has 9 nitrogen and oxygen atoms in total. The van der Waals surface area contributed by atoms with Gasteiger partial charge in [-0.15, -0.1) is 0 Å². The number of nitro groups is 1. The van der Waals surface area contributed by atoms with Crippen molar-refractivity contribution in [3.63, 3.8) is 0 Å². The molecule has 2 amide bonds. The fourth-order valence-corrected chi connectivity index (χ4v) is 3.49. The Bertz CT molecular complexity index is 955. The van der Waals surface area contributed by atoms with Crippen molar-refractivity contribution in [1.82, 2.24) is 10.2 Å². The average molecular weight is 426 g/mol. The molecule has 2 aromatic rings. The average Bonchev–Trinajstić information content (AvgIpc) is 2.76. The molecule has 1 saturated heterocycles. The Labute approximate surface area is 180 Å². The highest BCUT2D eigenvalue weighted by molar-refractivity contribution is 6.39. The monoisotopic (exact) mass is 426 g/mol. The summed E-state index contributed by atoms with van der Waals surface area (Å²) in [6.07, 6.45) is 0. The van der Waals surface area contributed by atoms with Crippen LogP contribution < -0.4 is 10.6 Å². The summed E-state index contributed by atoms with van der Waals surface area (Å²) in [6.45, 7) is 6.64. The Kier molecular flexibility index (Phi) is 7.32. The number of ether oxygens (including phenoxy) is 1. The molecule has 0 spiro atoms. The van der Waals surface area contributed by atoms with E-state index in [0.29, 0.717) is 24.5 Å². The second-order valence-corrected chi connectivity index (χ2v) is 7.50. The van der Waals surface area contributed by atoms with Gasteiger partial charge in [0.15, 0.2) is 0 Å². The van der Waals surface area contributed by atoms with Gasteiger partial charge in [-0.1, -0.05) is 29.8 Å². The Morgan fingerprint density at radius 1 is 1.10 bits per heavy atom. The van der Waals surface area contributed by atoms with Crippen molar-refractivity contribution in [1.29, 1.82) is 0 Å². The zero-order chi connectivity index (χ0) is 22.4. The van der Waals surface area contributed by atoms with E-state index in [4.69, 9.17) is 4.74 Å². The summed E-state index contributed by atoms with van der Waals surface area (Å²) in [6, 6.07) is 12.1. The van der Waals surface area contributed by atoms with Crippen molar-refractivity contribution >= 4 is 23.2 Å². The highest BCUT2D eigenvalue weighted by Crippen LogP contribution is 2.23. The first-order valence-electron chi connectivity index (χ1n) is 10.1. The number of anilines is 1. The van der Waals surface area contributed by atoms with Crippen LogP contribution in [0.3, 0.4) is 0 Å². The van der Waals surface area contributed by atoms with Gasteiger partial charge in [0.2, 0.25) is 0 Å². The van der Waals surface area contributed by atoms with E-state index in [-0.39, 0.29) is 18.3 Å². The molecule has 1 aliphatic heterocycles. The van der Waals surface area contributed by atoms with Gasteiger partial charge < -0.3 is 15.4 Å². The molecule has 0 radical (unpaired) electrons. The third-order valence-electron chi connectivity index (χ3n) is 5.28. The second-order valence-electron chi connectivity index (χ2n) is 7.50. The highest BCUT2D eigenvalue weighted by atomic mass is 16.6. The number of carbonyl (C=O) groups excluding carboxylic acids is 2. The number of benzene rings is 2. The number of nitro benzene ring substituents is 1. The van der Waals surface area contributed by atoms with Crippen molar-refractivity contribution in [2.24, 2.45) is 0 Å². The van der Waals surface area contributed by atoms with Crippen molar-refractivity contribution in [3.05, 3.63) is 69.3 Å². The third-order valence-corrected chi connectivity index (χ3v) is 5.28. The first-order valence-corrected chi connectivity index (χ1v) is 10.1. The van der Waals surface area contributed by atoms with Crippen LogP contribution in [0.15, 0.2) is 42.5 Å². The van der Waals surface area contributed by atoms with Crippen LogP contribution in [0.1, 0.15) is 22.7 Å². The first-order chi connectivity index (χ1) is 14.8. The van der Waals surface area contributed by atoms with Gasteiger partial charge in [-0.05, 0) is 31.0 Å². The summed E-state index contributed by atoms with van der Waals surface area (Å²) < 4.78 is 5.43. The number of non-ortho nitro benzene ring substituents is 1. The minimum Gasteiger partial charge on any atom is -0.379 e. The lowest BCUT2D eigenvalue weighted by molar-refractivity contribution is -0.384. The van der Waals surface area contributed by atoms with E-state index in [9.17, 15) is 19.7 Å². The van der Waals surface area contributed by atoms with Crippen LogP contribution in [-0.2, 0) is 14.3 Å². The van der Waals surface area contributed by atoms with Crippen molar-refractivity contribution in [3.8, 4) is 0 Å². The molecule has 1 aliphatic rings. The Morgan fingerprint density at radius 3 is 2.39 bits per heavy atom. The van der Waals surface area contributed by atoms with Gasteiger partial charge in [0.05, 0.1) is 24.2 Å². The normalized spacial score (nSPS) is 15.2. The predicted molar refractivity (Wildman–Crippen MR) is 116 cm³/mol. The summed E-state index contributed by atoms with van der Waals surface area (Å²) in [5.41, 5.74) is 2.98. The molecule has 164 valence electrons. The number of hydrogen-bond acceptors (Lipinski definition) is 6. The van der Waals surface area contributed by atoms with E-state index in [0.717, 1.165) is 24.2 Å². The molecule has 0 bridgehead atoms. The maximum absolute atomic E-state index is 12.4. The lowest BCUT2D eigenvalue weighted by Crippen LogP contribution is -2.45. The maximum atomic E-state index is 12.4. The minimum absolute atomic E-state index is 0.0774. The zero-order valence-electron chi connectivity index (χ0n) is 17.6. The van der Waals surface area contributed by atoms with Crippen LogP contribution in [0.2, 0.25) is 0 Å². The molecule has 31 heavy (non-hydrogen) atoms. The van der Waals surface area contributed by atoms with E-state index in [1.165, 1.54) is 18.2 Å². The van der Waals surface area contributed by atoms with Gasteiger partial charge in [-0.25, -0.2) is 0 Å². The smallest absolute Gasteiger partial charge is 0.313 e. The molecule has 0 saturated carbocycles. The molecule has 0 aromatic heterocycles. The summed E-state index contributed by atoms with van der Waals surface area (Å²) in [5.74, 6) is -1.58. The van der Waals surface area contributed by atoms with E-state index >= 15 is 0 Å². The first kappa shape index (κ1) is 22.4. The van der Waals surface area contributed by atoms with Gasteiger partial charge in [0.1, 0.15) is 0 Å². The van der Waals surface area contributed by atoms with Crippen molar-refractivity contribution in [2.45, 2.75) is 19.9 Å². The minimum atomic E-state index is -0.818. The van der Waals surface area contributed by atoms with E-state index in [1.807, 2.05) is 31.2 Å². The van der Waals surface area contributed by atoms with Gasteiger partial charge in [-0.2, -0.15) is 0 Å². The number of amides is 2. The number of carbonyl (C=O) groups is 2. The Balaban J connectivity index is 1.65. The van der Waals surface area contributed by atoms with E-state index in [1.54, 1.807) is 6.92 Å². The molecule has 1 fully saturated rings. The van der Waals surface area contributed by atoms with E-state index < -0.39 is 16.7 Å². The summed E-state index contributed by atoms with van der Waals surface area (Å²) in [7, 11) is 0. The molecule has 2 N–H and O–H groups in total. The second kappa shape index (κ2) is 10.1. The van der Waals surface area contributed by atoms with Crippen molar-refractivity contribution in [2.75, 3.05) is 38.2 Å². The lowest BCUT2D eigenvalue weighted by Gasteiger charge is -2.35. The van der Waals surface area contributed by atoms with Crippen LogP contribution in [-0.4, -0.2) is 54.5 Å². The highest BCUT2D eigenvalue weighted by Gasteiger charge is 2.24. The number of morpholine rings is 1. The number of nitrogens with one attached hydrogen (secondary N) is 2. The molecule has 1 heterocycles. The molecule has 0 aliphatic carbocycles. The SMILES string of the molecule is Cc1ccc([C@@H](CNC(=O)C(=O)Nc2ccc([N+](=O)[O-])cc2C)N2CCOCC2)cc1. The topological polar surface area (TPSA) is 114 Å². The maximum Gasteiger partial charge on any atom is 0.313 e. The van der Waals surface area contributed by atoms with Crippen LogP contribution in [0.5, 0.6) is 0 Å². The number of hydrogen-bond donors (Lipinski definition) is 2. The van der Waals surface area contributed by atoms with Crippen LogP contribution >= 0.6 is 0 Å². The fourth-order valence-electron chi connectivity index (χ4n) is 3.49. The number of rotatable bonds is 6. The Morgan fingerprint density at radius 2 is 1.77 bits per heavy atom. The van der Waals surface area contributed by atoms with Crippen LogP contribution in [0.25, 0.3) is 0 Å². The van der Waals surface area contributed by atoms with Gasteiger partial charge in [0.25, 0.3) is 5.69 Å². The Hall–Kier alpha value is -3.30. The fraction of sp³-hybridized carbons (Fsp3) is 0.364. The van der Waals surface area contributed by atoms with Crippen LogP contribution in [0, 0.1) is 24.0 Å². The van der Waals surface area contributed by atoms with Crippen molar-refractivity contribution < 1.29 is 19.2 Å². The van der Waals surface area contributed by atoms with Gasteiger partial charge in [-0.3, -0.25) is 24.6 Å². The molecular formula is C22H26N4O5. The number of aryl methyl sites for hydroxylation is 2. The van der Waals surface area contributed by atoms with Gasteiger partial charge >= 0.3 is 11.8 Å². The molecule has 3 rings (SSSR count). The quantitative estimate of drug-likeness (QED) is 0.416.